The molecule has 37 heavy (non-hydrogen) atoms. The van der Waals surface area contributed by atoms with Crippen LogP contribution in [0.5, 0.6) is 11.5 Å². The molecule has 0 bridgehead atoms. The van der Waals surface area contributed by atoms with Crippen LogP contribution in [0.4, 0.5) is 8.78 Å². The van der Waals surface area contributed by atoms with E-state index < -0.39 is 21.1 Å². The van der Waals surface area contributed by atoms with Crippen molar-refractivity contribution >= 4 is 0 Å². The summed E-state index contributed by atoms with van der Waals surface area (Å²) in [6.45, 7) is 13.6. The summed E-state index contributed by atoms with van der Waals surface area (Å²) in [5, 5.41) is 0. The molecule has 0 N–H and O–H groups in total. The van der Waals surface area contributed by atoms with Gasteiger partial charge in [-0.2, -0.15) is 0 Å². The van der Waals surface area contributed by atoms with Crippen molar-refractivity contribution in [2.75, 3.05) is 0 Å². The van der Waals surface area contributed by atoms with Gasteiger partial charge in [-0.05, 0) is 0 Å². The average Bonchev–Trinajstić information content (AvgIpc) is 3.43. The monoisotopic (exact) mass is 580 g/mol. The first-order valence-electron chi connectivity index (χ1n) is 13.1. The number of hydrogen-bond acceptors (Lipinski definition) is 2. The van der Waals surface area contributed by atoms with E-state index in [1.165, 1.54) is 53.1 Å². The Morgan fingerprint density at radius 2 is 0.946 bits per heavy atom. The van der Waals surface area contributed by atoms with Crippen molar-refractivity contribution in [1.29, 1.82) is 0 Å². The Morgan fingerprint density at radius 3 is 1.27 bits per heavy atom. The zero-order chi connectivity index (χ0) is 26.6. The summed E-state index contributed by atoms with van der Waals surface area (Å²) < 4.78 is 44.5. The molecule has 2 nitrogen and oxygen atoms in total. The topological polar surface area (TPSA) is 18.5 Å². The van der Waals surface area contributed by atoms with E-state index in [-0.39, 0.29) is 22.5 Å². The Morgan fingerprint density at radius 1 is 0.595 bits per heavy atom. The quantitative estimate of drug-likeness (QED) is 0.358. The fourth-order valence-corrected chi connectivity index (χ4v) is 15.6. The Balaban J connectivity index is 1.75. The van der Waals surface area contributed by atoms with E-state index in [1.54, 1.807) is 24.3 Å². The summed E-state index contributed by atoms with van der Waals surface area (Å²) in [6.07, 6.45) is 8.20. The van der Waals surface area contributed by atoms with Gasteiger partial charge in [-0.25, -0.2) is 0 Å². The molecule has 0 aromatic heterocycles. The Hall–Kier alpha value is -2.26. The van der Waals surface area contributed by atoms with E-state index in [2.05, 4.69) is 53.7 Å². The van der Waals surface area contributed by atoms with E-state index in [0.717, 1.165) is 25.7 Å². The molecular weight excluding hydrogens is 546 g/mol. The zero-order valence-corrected chi connectivity index (χ0v) is 25.1. The van der Waals surface area contributed by atoms with Gasteiger partial charge in [0.15, 0.2) is 0 Å². The molecule has 1 aliphatic heterocycles. The fraction of sp³-hybridized carbons (Fsp3) is 0.375. The Labute approximate surface area is 225 Å². The normalized spacial score (nSPS) is 19.2. The first-order chi connectivity index (χ1) is 17.4. The molecule has 2 aromatic carbocycles. The maximum atomic E-state index is 13.9. The Kier molecular flexibility index (Phi) is 6.76. The van der Waals surface area contributed by atoms with Crippen LogP contribution >= 0.6 is 0 Å². The van der Waals surface area contributed by atoms with Crippen LogP contribution in [0.3, 0.4) is 0 Å². The van der Waals surface area contributed by atoms with Gasteiger partial charge in [-0.15, -0.1) is 0 Å². The second kappa shape index (κ2) is 9.49. The third-order valence-corrected chi connectivity index (χ3v) is 16.6. The van der Waals surface area contributed by atoms with Gasteiger partial charge in [0.1, 0.15) is 0 Å². The molecule has 0 radical (unpaired) electrons. The summed E-state index contributed by atoms with van der Waals surface area (Å²) in [5.74, 6) is 0.639. The molecule has 2 aromatic rings. The second-order valence-electron chi connectivity index (χ2n) is 12.3. The van der Waals surface area contributed by atoms with Gasteiger partial charge in [0.2, 0.25) is 0 Å². The first-order valence-corrected chi connectivity index (χ1v) is 17.6. The fourth-order valence-electron chi connectivity index (χ4n) is 6.02. The number of hydrogen-bond donors (Lipinski definition) is 0. The molecule has 5 rings (SSSR count). The van der Waals surface area contributed by atoms with Crippen LogP contribution in [0.15, 0.2) is 89.5 Å². The molecule has 5 heteroatoms. The number of rotatable bonds is 4. The van der Waals surface area contributed by atoms with Gasteiger partial charge in [0, 0.05) is 0 Å². The van der Waals surface area contributed by atoms with Crippen molar-refractivity contribution in [2.24, 2.45) is 10.8 Å². The maximum absolute atomic E-state index is 13.9. The van der Waals surface area contributed by atoms with Crippen molar-refractivity contribution in [3.63, 3.8) is 0 Å². The molecule has 0 amide bonds. The standard InChI is InChI=1S/C20H28.2C6H5FO.Zr/c1-19(2,3)17-11-7-9-15(17)13-14-16-10-8-12-18(16)20(4,5)6;2*7-5-1-3-6(8)4-2-5;/h11-12H,7-8,13-14H2,1-6H3;2*1-4,8H;/q;;;+2/p-2. The average molecular weight is 582 g/mol. The minimum atomic E-state index is -4.42. The zero-order valence-electron chi connectivity index (χ0n) is 22.7. The summed E-state index contributed by atoms with van der Waals surface area (Å²) in [4.78, 5) is 0. The third kappa shape index (κ3) is 4.97. The van der Waals surface area contributed by atoms with Crippen LogP contribution in [-0.4, -0.2) is 0 Å². The molecule has 2 aliphatic carbocycles. The summed E-state index contributed by atoms with van der Waals surface area (Å²) in [6, 6.07) is 12.6. The van der Waals surface area contributed by atoms with Gasteiger partial charge in [-0.3, -0.25) is 0 Å². The van der Waals surface area contributed by atoms with Crippen molar-refractivity contribution < 1.29 is 35.6 Å². The van der Waals surface area contributed by atoms with Crippen molar-refractivity contribution in [2.45, 2.75) is 67.2 Å². The van der Waals surface area contributed by atoms with Crippen molar-refractivity contribution in [1.82, 2.24) is 0 Å². The van der Waals surface area contributed by atoms with Crippen molar-refractivity contribution in [3.05, 3.63) is 101 Å². The molecule has 0 unspecified atom stereocenters. The SMILES string of the molecule is CC(C)(C)C1=CC[C]2=C1CCC1=[C](CC=C1C(C)(C)C)[Zr]2([O]c1ccc(F)cc1)[O]c1ccc(F)cc1. The van der Waals surface area contributed by atoms with E-state index in [4.69, 9.17) is 5.63 Å². The van der Waals surface area contributed by atoms with Gasteiger partial charge in [-0.1, -0.05) is 0 Å². The van der Waals surface area contributed by atoms with Gasteiger partial charge in [0.05, 0.1) is 0 Å². The molecular formula is C32H36F2O2Zr. The number of benzene rings is 2. The van der Waals surface area contributed by atoms with Gasteiger partial charge < -0.3 is 0 Å². The van der Waals surface area contributed by atoms with Gasteiger partial charge in [0.25, 0.3) is 0 Å². The number of allylic oxidation sites excluding steroid dienone is 8. The molecule has 0 fully saturated rings. The molecule has 194 valence electrons. The van der Waals surface area contributed by atoms with E-state index in [1.807, 2.05) is 0 Å². The van der Waals surface area contributed by atoms with Crippen LogP contribution in [0, 0.1) is 22.5 Å². The van der Waals surface area contributed by atoms with E-state index in [9.17, 15) is 8.78 Å². The van der Waals surface area contributed by atoms with Crippen LogP contribution < -0.4 is 5.63 Å². The molecule has 1 heterocycles. The van der Waals surface area contributed by atoms with E-state index >= 15 is 0 Å². The van der Waals surface area contributed by atoms with Crippen molar-refractivity contribution in [3.8, 4) is 11.5 Å². The van der Waals surface area contributed by atoms with Crippen LogP contribution in [-0.2, 0) is 21.1 Å². The predicted molar refractivity (Wildman–Crippen MR) is 142 cm³/mol. The van der Waals surface area contributed by atoms with Crippen LogP contribution in [0.1, 0.15) is 67.2 Å². The summed E-state index contributed by atoms with van der Waals surface area (Å²) >= 11 is -4.42. The molecule has 0 saturated heterocycles. The van der Waals surface area contributed by atoms with E-state index in [0.29, 0.717) is 11.5 Å². The van der Waals surface area contributed by atoms with Crippen LogP contribution in [0.25, 0.3) is 0 Å². The van der Waals surface area contributed by atoms with Crippen LogP contribution in [0.2, 0.25) is 0 Å². The van der Waals surface area contributed by atoms with Gasteiger partial charge >= 0.3 is 226 Å². The second-order valence-corrected chi connectivity index (χ2v) is 19.3. The molecule has 0 spiro atoms. The number of halogens is 2. The molecule has 0 saturated carbocycles. The first kappa shape index (κ1) is 26.4. The Bertz CT molecular complexity index is 1230. The minimum absolute atomic E-state index is 0.00206. The summed E-state index contributed by atoms with van der Waals surface area (Å²) in [5.41, 5.74) is 5.48. The molecule has 3 aliphatic rings. The summed E-state index contributed by atoms with van der Waals surface area (Å²) in [7, 11) is 0. The predicted octanol–water partition coefficient (Wildman–Crippen LogP) is 9.46. The molecule has 0 atom stereocenters. The third-order valence-electron chi connectivity index (χ3n) is 7.59.